The summed E-state index contributed by atoms with van der Waals surface area (Å²) in [5.41, 5.74) is 5.56. The molecule has 5 aliphatic heterocycles. The van der Waals surface area contributed by atoms with Gasteiger partial charge in [-0.25, -0.2) is 13.1 Å². The number of H-pyrrole nitrogens is 1. The molecule has 1 amide bonds. The Kier molecular flexibility index (Phi) is 11.5. The van der Waals surface area contributed by atoms with Crippen LogP contribution >= 0.6 is 0 Å². The second kappa shape index (κ2) is 17.5. The predicted molar refractivity (Wildman–Crippen MR) is 257 cm³/mol. The van der Waals surface area contributed by atoms with E-state index in [2.05, 4.69) is 62.9 Å². The van der Waals surface area contributed by atoms with Crippen LogP contribution in [0.15, 0.2) is 77.8 Å². The number of benzene rings is 3. The SMILES string of the molecule is CC(C)c1ccccc1[C@@H]1CCCN1C1CC2(CCN(c3ccc(C(=O)NS(=O)(=O)c4cc5c(c([N+](=O)[O-])c4)N[C@@H]([C@H]4COCCO4)CO5)c(N4C[C@@H](C)Oc5nc6[nH]ccc6cc54)c3)CC2)C1. The van der Waals surface area contributed by atoms with Crippen LogP contribution in [0.5, 0.6) is 11.6 Å². The summed E-state index contributed by atoms with van der Waals surface area (Å²) in [5, 5.41) is 16.4. The van der Waals surface area contributed by atoms with Gasteiger partial charge in [0.1, 0.15) is 30.1 Å². The molecule has 7 heterocycles. The fraction of sp³-hybridized carbons (Fsp3) is 0.480. The maximum atomic E-state index is 14.5. The maximum Gasteiger partial charge on any atom is 0.297 e. The number of nitro groups is 1. The van der Waals surface area contributed by atoms with Crippen molar-refractivity contribution in [2.45, 2.75) is 100 Å². The third kappa shape index (κ3) is 8.17. The molecule has 358 valence electrons. The van der Waals surface area contributed by atoms with Gasteiger partial charge in [-0.2, -0.15) is 4.98 Å². The van der Waals surface area contributed by atoms with Crippen LogP contribution in [0.1, 0.15) is 92.7 Å². The molecule has 17 nitrogen and oxygen atoms in total. The Labute approximate surface area is 395 Å². The summed E-state index contributed by atoms with van der Waals surface area (Å²) in [6.07, 6.45) is 8.00. The van der Waals surface area contributed by atoms with Crippen LogP contribution in [-0.2, 0) is 19.5 Å². The fourth-order valence-electron chi connectivity index (χ4n) is 11.6. The van der Waals surface area contributed by atoms with Gasteiger partial charge in [-0.15, -0.1) is 0 Å². The average Bonchev–Trinajstić information content (AvgIpc) is 4.02. The van der Waals surface area contributed by atoms with E-state index in [9.17, 15) is 23.3 Å². The van der Waals surface area contributed by atoms with Gasteiger partial charge in [0.15, 0.2) is 11.4 Å². The highest BCUT2D eigenvalue weighted by atomic mass is 32.2. The number of anilines is 4. The number of hydrogen-bond acceptors (Lipinski definition) is 14. The van der Waals surface area contributed by atoms with E-state index in [-0.39, 0.29) is 36.3 Å². The molecule has 0 bridgehead atoms. The number of rotatable bonds is 10. The highest BCUT2D eigenvalue weighted by Gasteiger charge is 2.50. The van der Waals surface area contributed by atoms with E-state index in [0.717, 1.165) is 49.6 Å². The number of aromatic nitrogens is 2. The lowest BCUT2D eigenvalue weighted by Gasteiger charge is -2.56. The topological polar surface area (TPSA) is 194 Å². The van der Waals surface area contributed by atoms with Crippen molar-refractivity contribution in [1.29, 1.82) is 0 Å². The van der Waals surface area contributed by atoms with Gasteiger partial charge in [0.05, 0.1) is 53.5 Å². The lowest BCUT2D eigenvalue weighted by Crippen LogP contribution is -2.55. The fourth-order valence-corrected chi connectivity index (χ4v) is 12.6. The first-order valence-corrected chi connectivity index (χ1v) is 25.5. The van der Waals surface area contributed by atoms with Crippen LogP contribution in [0.4, 0.5) is 28.4 Å². The van der Waals surface area contributed by atoms with E-state index in [1.54, 1.807) is 12.3 Å². The van der Waals surface area contributed by atoms with Gasteiger partial charge in [-0.1, -0.05) is 38.1 Å². The molecule has 3 N–H and O–H groups in total. The monoisotopic (exact) mass is 946 g/mol. The molecule has 0 radical (unpaired) electrons. The van der Waals surface area contributed by atoms with Crippen molar-refractivity contribution < 1.29 is 37.1 Å². The summed E-state index contributed by atoms with van der Waals surface area (Å²) in [6.45, 7) is 10.9. The number of carbonyl (C=O) groups excluding carboxylic acids is 1. The Hall–Kier alpha value is -5.95. The van der Waals surface area contributed by atoms with Crippen molar-refractivity contribution in [1.82, 2.24) is 19.6 Å². The van der Waals surface area contributed by atoms with Crippen molar-refractivity contribution in [2.75, 3.05) is 67.7 Å². The molecule has 18 heteroatoms. The smallest absolute Gasteiger partial charge is 0.297 e. The highest BCUT2D eigenvalue weighted by molar-refractivity contribution is 7.90. The molecule has 6 aliphatic rings. The van der Waals surface area contributed by atoms with Crippen molar-refractivity contribution in [3.63, 3.8) is 0 Å². The Morgan fingerprint density at radius 2 is 1.82 bits per heavy atom. The molecule has 1 spiro atoms. The first-order valence-electron chi connectivity index (χ1n) is 24.0. The number of nitrogens with one attached hydrogen (secondary N) is 3. The molecule has 4 fully saturated rings. The zero-order valence-electron chi connectivity index (χ0n) is 38.6. The summed E-state index contributed by atoms with van der Waals surface area (Å²) in [6, 6.07) is 21.1. The van der Waals surface area contributed by atoms with Gasteiger partial charge in [-0.3, -0.25) is 19.8 Å². The molecule has 3 aromatic carbocycles. The van der Waals surface area contributed by atoms with Crippen molar-refractivity contribution in [2.24, 2.45) is 5.41 Å². The molecule has 4 atom stereocenters. The number of nitrogens with zero attached hydrogens (tertiary/aromatic N) is 5. The normalized spacial score (nSPS) is 23.9. The Morgan fingerprint density at radius 1 is 1.00 bits per heavy atom. The van der Waals surface area contributed by atoms with Gasteiger partial charge < -0.3 is 39.0 Å². The van der Waals surface area contributed by atoms with E-state index in [0.29, 0.717) is 66.1 Å². The minimum atomic E-state index is -4.68. The molecule has 5 aromatic rings. The number of amides is 1. The van der Waals surface area contributed by atoms with Crippen LogP contribution in [0.2, 0.25) is 0 Å². The Balaban J connectivity index is 0.857. The first-order chi connectivity index (χ1) is 32.8. The Morgan fingerprint density at radius 3 is 2.60 bits per heavy atom. The standard InChI is InChI=1S/C50H58N8O9S/c1-30(2)36-7-4-5-8-37(36)40-9-6-16-56(40)34-25-50(26-34)13-17-55(18-14-50)33-10-11-38(41(22-33)57-27-31(3)67-49-43(57)21-32-12-15-51-47(32)53-49)48(59)54-68(62,63)35-23-42(58(60)61)46-44(24-35)66-28-39(52-46)45-29-64-19-20-65-45/h4-5,7-8,10-12,15,21-24,30-31,34,39-40,45,52H,6,9,13-14,16-20,25-29H2,1-3H3,(H,51,53)(H,54,59)/t31-,39-,40+,45-/m1/s1. The summed E-state index contributed by atoms with van der Waals surface area (Å²) < 4.78 is 54.0. The molecule has 0 unspecified atom stereocenters. The van der Waals surface area contributed by atoms with Crippen LogP contribution in [-0.4, -0.2) is 111 Å². The largest absolute Gasteiger partial charge is 0.489 e. The molecular weight excluding hydrogens is 889 g/mol. The summed E-state index contributed by atoms with van der Waals surface area (Å²) in [5.74, 6) is -0.0506. The number of nitro benzene ring substituents is 1. The van der Waals surface area contributed by atoms with E-state index in [4.69, 9.17) is 23.9 Å². The number of sulfonamides is 1. The third-order valence-electron chi connectivity index (χ3n) is 15.1. The van der Waals surface area contributed by atoms with Crippen molar-refractivity contribution in [3.05, 3.63) is 99.7 Å². The second-order valence-electron chi connectivity index (χ2n) is 19.8. The maximum absolute atomic E-state index is 14.5. The number of likely N-dealkylation sites (tertiary alicyclic amines) is 1. The lowest BCUT2D eigenvalue weighted by atomic mass is 9.59. The van der Waals surface area contributed by atoms with E-state index < -0.39 is 43.6 Å². The minimum Gasteiger partial charge on any atom is -0.489 e. The summed E-state index contributed by atoms with van der Waals surface area (Å²) in [4.78, 5) is 40.8. The second-order valence-corrected chi connectivity index (χ2v) is 21.4. The van der Waals surface area contributed by atoms with Gasteiger partial charge in [0, 0.05) is 54.6 Å². The molecule has 3 saturated heterocycles. The van der Waals surface area contributed by atoms with Crippen molar-refractivity contribution in [3.8, 4) is 11.6 Å². The number of carbonyl (C=O) groups is 1. The van der Waals surface area contributed by atoms with Crippen LogP contribution in [0.25, 0.3) is 11.0 Å². The highest BCUT2D eigenvalue weighted by Crippen LogP contribution is 2.54. The molecule has 11 rings (SSSR count). The molecule has 68 heavy (non-hydrogen) atoms. The van der Waals surface area contributed by atoms with Crippen LogP contribution in [0, 0.1) is 15.5 Å². The predicted octanol–water partition coefficient (Wildman–Crippen LogP) is 7.81. The number of ether oxygens (including phenoxy) is 4. The van der Waals surface area contributed by atoms with Gasteiger partial charge in [-0.05, 0) is 105 Å². The lowest BCUT2D eigenvalue weighted by molar-refractivity contribution is -0.384. The zero-order valence-corrected chi connectivity index (χ0v) is 39.4. The van der Waals surface area contributed by atoms with Gasteiger partial charge in [0.25, 0.3) is 21.6 Å². The summed E-state index contributed by atoms with van der Waals surface area (Å²) >= 11 is 0. The number of fused-ring (bicyclic) bond motifs is 3. The van der Waals surface area contributed by atoms with Crippen LogP contribution < -0.4 is 29.3 Å². The Bertz CT molecular complexity index is 2870. The third-order valence-corrected chi connectivity index (χ3v) is 16.4. The molecule has 1 saturated carbocycles. The average molecular weight is 947 g/mol. The first kappa shape index (κ1) is 44.5. The molecule has 2 aromatic heterocycles. The van der Waals surface area contributed by atoms with Gasteiger partial charge >= 0.3 is 0 Å². The number of pyridine rings is 1. The van der Waals surface area contributed by atoms with Gasteiger partial charge in [0.2, 0.25) is 5.88 Å². The number of piperidine rings is 1. The van der Waals surface area contributed by atoms with Crippen LogP contribution in [0.3, 0.4) is 0 Å². The van der Waals surface area contributed by atoms with E-state index >= 15 is 0 Å². The van der Waals surface area contributed by atoms with Crippen molar-refractivity contribution >= 4 is 55.4 Å². The quantitative estimate of drug-likeness (QED) is 0.0907. The zero-order chi connectivity index (χ0) is 46.9. The summed E-state index contributed by atoms with van der Waals surface area (Å²) in [7, 11) is -4.68. The van der Waals surface area contributed by atoms with E-state index in [1.807, 2.05) is 36.1 Å². The minimum absolute atomic E-state index is 0.0260. The molecular formula is C50H58N8O9S. The van der Waals surface area contributed by atoms with E-state index in [1.165, 1.54) is 42.9 Å². The number of aromatic amines is 1. The molecule has 1 aliphatic carbocycles. The number of hydrogen-bond donors (Lipinski definition) is 3.